The predicted molar refractivity (Wildman–Crippen MR) is 82.9 cm³/mol. The number of thiophene rings is 1. The van der Waals surface area contributed by atoms with E-state index in [0.717, 1.165) is 12.2 Å². The molecule has 1 N–H and O–H groups in total. The zero-order valence-electron chi connectivity index (χ0n) is 11.3. The molecule has 3 heterocycles. The Morgan fingerprint density at radius 3 is 3.11 bits per heavy atom. The lowest BCUT2D eigenvalue weighted by molar-refractivity contribution is 0.572. The fourth-order valence-electron chi connectivity index (χ4n) is 2.46. The van der Waals surface area contributed by atoms with Gasteiger partial charge in [-0.05, 0) is 30.9 Å². The summed E-state index contributed by atoms with van der Waals surface area (Å²) < 4.78 is 2.10. The van der Waals surface area contributed by atoms with Crippen molar-refractivity contribution in [1.82, 2.24) is 14.9 Å². The molecule has 0 radical (unpaired) electrons. The van der Waals surface area contributed by atoms with Crippen LogP contribution in [0.1, 0.15) is 27.2 Å². The van der Waals surface area contributed by atoms with Crippen LogP contribution in [0.5, 0.6) is 0 Å². The second kappa shape index (κ2) is 5.69. The summed E-state index contributed by atoms with van der Waals surface area (Å²) in [7, 11) is 4.10. The van der Waals surface area contributed by atoms with Gasteiger partial charge >= 0.3 is 0 Å². The van der Waals surface area contributed by atoms with Crippen LogP contribution in [0.25, 0.3) is 0 Å². The van der Waals surface area contributed by atoms with E-state index in [1.54, 1.807) is 10.4 Å². The fraction of sp³-hybridized carbons (Fsp3) is 0.500. The van der Waals surface area contributed by atoms with Crippen molar-refractivity contribution >= 4 is 23.1 Å². The Balaban J connectivity index is 1.82. The van der Waals surface area contributed by atoms with Gasteiger partial charge in [0.15, 0.2) is 0 Å². The number of nitrogens with one attached hydrogen (secondary N) is 1. The maximum atomic E-state index is 4.43. The van der Waals surface area contributed by atoms with Gasteiger partial charge in [0.05, 0.1) is 0 Å². The number of thioether (sulfide) groups is 1. The van der Waals surface area contributed by atoms with Crippen molar-refractivity contribution in [3.05, 3.63) is 39.6 Å². The van der Waals surface area contributed by atoms with Gasteiger partial charge < -0.3 is 9.88 Å². The molecule has 0 saturated heterocycles. The Bertz CT molecular complexity index is 535. The van der Waals surface area contributed by atoms with Crippen molar-refractivity contribution in [3.63, 3.8) is 0 Å². The second-order valence-electron chi connectivity index (χ2n) is 4.90. The van der Waals surface area contributed by atoms with Gasteiger partial charge in [0.25, 0.3) is 0 Å². The van der Waals surface area contributed by atoms with Gasteiger partial charge in [-0.3, -0.25) is 0 Å². The topological polar surface area (TPSA) is 29.9 Å². The van der Waals surface area contributed by atoms with Crippen molar-refractivity contribution in [2.24, 2.45) is 7.05 Å². The van der Waals surface area contributed by atoms with E-state index in [-0.39, 0.29) is 0 Å². The number of aromatic nitrogens is 2. The third kappa shape index (κ3) is 2.73. The molecule has 0 spiro atoms. The quantitative estimate of drug-likeness (QED) is 0.940. The smallest absolute Gasteiger partial charge is 0.110 e. The first-order valence-corrected chi connectivity index (χ1v) is 8.57. The van der Waals surface area contributed by atoms with Crippen LogP contribution in [0.3, 0.4) is 0 Å². The van der Waals surface area contributed by atoms with Crippen LogP contribution in [0.2, 0.25) is 0 Å². The molecule has 19 heavy (non-hydrogen) atoms. The summed E-state index contributed by atoms with van der Waals surface area (Å²) in [6, 6.07) is 2.78. The van der Waals surface area contributed by atoms with Gasteiger partial charge in [-0.25, -0.2) is 4.98 Å². The number of aryl methyl sites for hydroxylation is 2. The van der Waals surface area contributed by atoms with Crippen LogP contribution < -0.4 is 5.32 Å². The Kier molecular flexibility index (Phi) is 3.96. The van der Waals surface area contributed by atoms with Crippen molar-refractivity contribution < 1.29 is 0 Å². The summed E-state index contributed by atoms with van der Waals surface area (Å²) in [6.07, 6.45) is 6.08. The summed E-state index contributed by atoms with van der Waals surface area (Å²) in [6.45, 7) is 0. The van der Waals surface area contributed by atoms with Crippen LogP contribution >= 0.6 is 23.1 Å². The Labute approximate surface area is 122 Å². The van der Waals surface area contributed by atoms with Crippen LogP contribution in [0.4, 0.5) is 0 Å². The van der Waals surface area contributed by atoms with Gasteiger partial charge in [0.1, 0.15) is 5.82 Å². The molecule has 0 aromatic carbocycles. The number of hydrogen-bond donors (Lipinski definition) is 1. The summed E-state index contributed by atoms with van der Waals surface area (Å²) in [4.78, 5) is 7.48. The van der Waals surface area contributed by atoms with Crippen molar-refractivity contribution in [1.29, 1.82) is 0 Å². The molecule has 0 saturated carbocycles. The molecule has 2 aromatic rings. The second-order valence-corrected chi connectivity index (χ2v) is 7.17. The third-order valence-corrected chi connectivity index (χ3v) is 6.01. The van der Waals surface area contributed by atoms with Crippen LogP contribution in [-0.4, -0.2) is 22.4 Å². The monoisotopic (exact) mass is 293 g/mol. The standard InChI is InChI=1S/C14H19N3S2/c1-15-11(8-14-16-4-5-17(14)2)13-7-10-9-18-6-3-12(10)19-13/h4-5,7,11,15H,3,6,8-9H2,1-2H3. The maximum Gasteiger partial charge on any atom is 0.110 e. The Hall–Kier alpha value is -0.780. The van der Waals surface area contributed by atoms with E-state index < -0.39 is 0 Å². The first-order chi connectivity index (χ1) is 9.28. The summed E-state index contributed by atoms with van der Waals surface area (Å²) >= 11 is 4.03. The molecular weight excluding hydrogens is 274 g/mol. The van der Waals surface area contributed by atoms with Gasteiger partial charge in [0, 0.05) is 47.4 Å². The molecule has 1 atom stereocenters. The summed E-state index contributed by atoms with van der Waals surface area (Å²) in [5, 5.41) is 3.44. The van der Waals surface area contributed by atoms with Gasteiger partial charge in [-0.15, -0.1) is 11.3 Å². The highest BCUT2D eigenvalue weighted by Gasteiger charge is 2.19. The molecule has 0 aliphatic carbocycles. The minimum atomic E-state index is 0.377. The predicted octanol–water partition coefficient (Wildman–Crippen LogP) is 2.77. The van der Waals surface area contributed by atoms with Gasteiger partial charge in [-0.2, -0.15) is 11.8 Å². The average molecular weight is 293 g/mol. The SMILES string of the molecule is CNC(Cc1nccn1C)c1cc2c(s1)CCSC2. The molecule has 2 aromatic heterocycles. The Morgan fingerprint density at radius 2 is 2.42 bits per heavy atom. The molecular formula is C14H19N3S2. The van der Waals surface area contributed by atoms with E-state index in [4.69, 9.17) is 0 Å². The zero-order valence-corrected chi connectivity index (χ0v) is 13.0. The Morgan fingerprint density at radius 1 is 1.53 bits per heavy atom. The van der Waals surface area contributed by atoms with Crippen LogP contribution in [-0.2, 0) is 25.6 Å². The molecule has 0 amide bonds. The van der Waals surface area contributed by atoms with E-state index >= 15 is 0 Å². The van der Waals surface area contributed by atoms with Crippen molar-refractivity contribution in [3.8, 4) is 0 Å². The number of likely N-dealkylation sites (N-methyl/N-ethyl adjacent to an activating group) is 1. The number of imidazole rings is 1. The van der Waals surface area contributed by atoms with E-state index in [0.29, 0.717) is 6.04 Å². The number of rotatable bonds is 4. The molecule has 3 rings (SSSR count). The zero-order chi connectivity index (χ0) is 13.2. The van der Waals surface area contributed by atoms with Crippen LogP contribution in [0.15, 0.2) is 18.5 Å². The van der Waals surface area contributed by atoms with Gasteiger partial charge in [-0.1, -0.05) is 0 Å². The molecule has 3 nitrogen and oxygen atoms in total. The van der Waals surface area contributed by atoms with E-state index in [1.165, 1.54) is 22.8 Å². The molecule has 1 aliphatic rings. The van der Waals surface area contributed by atoms with Gasteiger partial charge in [0.2, 0.25) is 0 Å². The van der Waals surface area contributed by atoms with E-state index in [2.05, 4.69) is 28.0 Å². The van der Waals surface area contributed by atoms with E-state index in [9.17, 15) is 0 Å². The average Bonchev–Trinajstić information content (AvgIpc) is 3.02. The minimum Gasteiger partial charge on any atom is -0.338 e. The molecule has 102 valence electrons. The summed E-state index contributed by atoms with van der Waals surface area (Å²) in [5.41, 5.74) is 1.55. The van der Waals surface area contributed by atoms with E-state index in [1.807, 2.05) is 42.5 Å². The maximum absolute atomic E-state index is 4.43. The fourth-order valence-corrected chi connectivity index (χ4v) is 4.95. The molecule has 1 unspecified atom stereocenters. The summed E-state index contributed by atoms with van der Waals surface area (Å²) in [5.74, 6) is 3.60. The molecule has 0 bridgehead atoms. The van der Waals surface area contributed by atoms with Crippen LogP contribution in [0, 0.1) is 0 Å². The lowest BCUT2D eigenvalue weighted by Gasteiger charge is -2.14. The molecule has 5 heteroatoms. The minimum absolute atomic E-state index is 0.377. The highest BCUT2D eigenvalue weighted by atomic mass is 32.2. The first kappa shape index (κ1) is 13.2. The molecule has 1 aliphatic heterocycles. The number of nitrogens with zero attached hydrogens (tertiary/aromatic N) is 2. The highest BCUT2D eigenvalue weighted by molar-refractivity contribution is 7.98. The van der Waals surface area contributed by atoms with Crippen molar-refractivity contribution in [2.45, 2.75) is 24.6 Å². The van der Waals surface area contributed by atoms with Crippen molar-refractivity contribution in [2.75, 3.05) is 12.8 Å². The third-order valence-electron chi connectivity index (χ3n) is 3.65. The lowest BCUT2D eigenvalue weighted by atomic mass is 10.1. The first-order valence-electron chi connectivity index (χ1n) is 6.60. The number of hydrogen-bond acceptors (Lipinski definition) is 4. The number of fused-ring (bicyclic) bond motifs is 1. The normalized spacial score (nSPS) is 16.3. The highest BCUT2D eigenvalue weighted by Crippen LogP contribution is 2.35. The molecule has 0 fully saturated rings. The largest absolute Gasteiger partial charge is 0.338 e. The lowest BCUT2D eigenvalue weighted by Crippen LogP contribution is -2.19.